The maximum absolute atomic E-state index is 8.15. The van der Waals surface area contributed by atoms with Gasteiger partial charge in [0.25, 0.3) is 0 Å². The molecule has 1 aliphatic rings. The third kappa shape index (κ3) is 2.86. The molecule has 0 aliphatic carbocycles. The Labute approximate surface area is 67.3 Å². The summed E-state index contributed by atoms with van der Waals surface area (Å²) in [7, 11) is 0. The number of nitrogens with zero attached hydrogens (tertiary/aromatic N) is 1. The van der Waals surface area contributed by atoms with Crippen LogP contribution in [0, 0.1) is 17.2 Å². The average molecular weight is 159 g/mol. The lowest BCUT2D eigenvalue weighted by atomic mass is 10.0. The van der Waals surface area contributed by atoms with Gasteiger partial charge in [0.15, 0.2) is 0 Å². The van der Waals surface area contributed by atoms with Gasteiger partial charge in [-0.05, 0) is 0 Å². The number of rotatable bonds is 2. The zero-order chi connectivity index (χ0) is 6.53. The molecule has 0 saturated carbocycles. The molecule has 1 rings (SSSR count). The summed E-state index contributed by atoms with van der Waals surface area (Å²) in [5, 5.41) is 11.3. The van der Waals surface area contributed by atoms with Crippen molar-refractivity contribution in [2.45, 2.75) is 6.42 Å². The van der Waals surface area contributed by atoms with E-state index in [-0.39, 0.29) is 12.4 Å². The van der Waals surface area contributed by atoms with Gasteiger partial charge in [-0.3, -0.25) is 0 Å². The van der Waals surface area contributed by atoms with Gasteiger partial charge in [-0.2, -0.15) is 5.26 Å². The molecular weight excluding hydrogens is 148 g/mol. The highest BCUT2D eigenvalue weighted by molar-refractivity contribution is 5.85. The molecule has 0 amide bonds. The van der Waals surface area contributed by atoms with E-state index in [9.17, 15) is 0 Å². The van der Waals surface area contributed by atoms with Crippen LogP contribution in [0.5, 0.6) is 0 Å². The molecule has 0 bridgehead atoms. The molecule has 2 nitrogen and oxygen atoms in total. The number of allylic oxidation sites excluding steroid dienone is 1. The molecule has 1 saturated heterocycles. The summed E-state index contributed by atoms with van der Waals surface area (Å²) < 4.78 is 0. The molecule has 1 aliphatic heterocycles. The molecule has 0 atom stereocenters. The van der Waals surface area contributed by atoms with E-state index in [2.05, 4.69) is 17.5 Å². The van der Waals surface area contributed by atoms with Gasteiger partial charge in [-0.15, -0.1) is 12.4 Å². The summed E-state index contributed by atoms with van der Waals surface area (Å²) in [6.45, 7) is 2.17. The fraction of sp³-hybridized carbons (Fsp3) is 0.571. The third-order valence-corrected chi connectivity index (χ3v) is 1.43. The second kappa shape index (κ2) is 5.28. The molecular formula is C7H11ClN2. The summed E-state index contributed by atoms with van der Waals surface area (Å²) in [6, 6.07) is 2.06. The Balaban J connectivity index is 0.000000810. The van der Waals surface area contributed by atoms with Gasteiger partial charge >= 0.3 is 0 Å². The van der Waals surface area contributed by atoms with Crippen molar-refractivity contribution in [1.82, 2.24) is 5.32 Å². The highest BCUT2D eigenvalue weighted by Gasteiger charge is 2.11. The zero-order valence-electron chi connectivity index (χ0n) is 5.71. The number of nitriles is 1. The van der Waals surface area contributed by atoms with Gasteiger partial charge < -0.3 is 5.32 Å². The average Bonchev–Trinajstić information content (AvgIpc) is 1.76. The topological polar surface area (TPSA) is 35.8 Å². The molecule has 0 aromatic carbocycles. The Kier molecular flexibility index (Phi) is 5.00. The van der Waals surface area contributed by atoms with Gasteiger partial charge in [0.1, 0.15) is 0 Å². The molecule has 1 N–H and O–H groups in total. The lowest BCUT2D eigenvalue weighted by Gasteiger charge is -2.23. The van der Waals surface area contributed by atoms with E-state index in [0.29, 0.717) is 12.3 Å². The van der Waals surface area contributed by atoms with E-state index in [0.717, 1.165) is 13.1 Å². The van der Waals surface area contributed by atoms with Crippen molar-refractivity contribution in [3.05, 3.63) is 12.2 Å². The summed E-state index contributed by atoms with van der Waals surface area (Å²) in [4.78, 5) is 0. The van der Waals surface area contributed by atoms with Crippen molar-refractivity contribution in [2.24, 2.45) is 5.92 Å². The largest absolute Gasteiger partial charge is 0.315 e. The van der Waals surface area contributed by atoms with Crippen LogP contribution in [0.1, 0.15) is 6.42 Å². The predicted molar refractivity (Wildman–Crippen MR) is 43.0 cm³/mol. The van der Waals surface area contributed by atoms with Crippen LogP contribution in [0.15, 0.2) is 12.2 Å². The first-order chi connectivity index (χ1) is 4.43. The molecule has 0 aromatic rings. The van der Waals surface area contributed by atoms with Crippen LogP contribution in [-0.4, -0.2) is 13.1 Å². The predicted octanol–water partition coefficient (Wildman–Crippen LogP) is 1.10. The minimum atomic E-state index is 0. The SMILES string of the molecule is Cl.N#CC/C=C/C1CNC1. The van der Waals surface area contributed by atoms with Crippen molar-refractivity contribution < 1.29 is 0 Å². The molecule has 0 radical (unpaired) electrons. The van der Waals surface area contributed by atoms with E-state index < -0.39 is 0 Å². The maximum Gasteiger partial charge on any atom is 0.0663 e. The monoisotopic (exact) mass is 158 g/mol. The van der Waals surface area contributed by atoms with Crippen molar-refractivity contribution in [3.8, 4) is 6.07 Å². The fourth-order valence-electron chi connectivity index (χ4n) is 0.760. The Morgan fingerprint density at radius 2 is 2.30 bits per heavy atom. The van der Waals surface area contributed by atoms with Crippen molar-refractivity contribution >= 4 is 12.4 Å². The van der Waals surface area contributed by atoms with Gasteiger partial charge in [0.2, 0.25) is 0 Å². The third-order valence-electron chi connectivity index (χ3n) is 1.43. The molecule has 0 spiro atoms. The molecule has 10 heavy (non-hydrogen) atoms. The Morgan fingerprint density at radius 1 is 1.60 bits per heavy atom. The molecule has 1 fully saturated rings. The zero-order valence-corrected chi connectivity index (χ0v) is 6.53. The smallest absolute Gasteiger partial charge is 0.0663 e. The minimum Gasteiger partial charge on any atom is -0.315 e. The number of hydrogen-bond donors (Lipinski definition) is 1. The van der Waals surface area contributed by atoms with Crippen LogP contribution < -0.4 is 5.32 Å². The second-order valence-electron chi connectivity index (χ2n) is 2.21. The quantitative estimate of drug-likeness (QED) is 0.611. The maximum atomic E-state index is 8.15. The van der Waals surface area contributed by atoms with Gasteiger partial charge in [0, 0.05) is 19.0 Å². The van der Waals surface area contributed by atoms with Crippen LogP contribution in [0.4, 0.5) is 0 Å². The number of nitrogens with one attached hydrogen (secondary N) is 1. The summed E-state index contributed by atoms with van der Waals surface area (Å²) in [6.07, 6.45) is 4.60. The van der Waals surface area contributed by atoms with E-state index in [4.69, 9.17) is 5.26 Å². The van der Waals surface area contributed by atoms with Gasteiger partial charge in [0.05, 0.1) is 12.5 Å². The fourth-order valence-corrected chi connectivity index (χ4v) is 0.760. The number of hydrogen-bond acceptors (Lipinski definition) is 2. The van der Waals surface area contributed by atoms with Gasteiger partial charge in [-0.25, -0.2) is 0 Å². The van der Waals surface area contributed by atoms with E-state index >= 15 is 0 Å². The molecule has 3 heteroatoms. The van der Waals surface area contributed by atoms with Crippen molar-refractivity contribution in [1.29, 1.82) is 5.26 Å². The summed E-state index contributed by atoms with van der Waals surface area (Å²) in [5.41, 5.74) is 0. The number of halogens is 1. The Hall–Kier alpha value is -0.520. The van der Waals surface area contributed by atoms with Gasteiger partial charge in [-0.1, -0.05) is 12.2 Å². The summed E-state index contributed by atoms with van der Waals surface area (Å²) in [5.74, 6) is 0.693. The van der Waals surface area contributed by atoms with E-state index in [1.165, 1.54) is 0 Å². The van der Waals surface area contributed by atoms with Crippen LogP contribution >= 0.6 is 12.4 Å². The molecule has 0 unspecified atom stereocenters. The Bertz CT molecular complexity index is 144. The summed E-state index contributed by atoms with van der Waals surface area (Å²) >= 11 is 0. The van der Waals surface area contributed by atoms with E-state index in [1.54, 1.807) is 0 Å². The Morgan fingerprint density at radius 3 is 2.70 bits per heavy atom. The first-order valence-electron chi connectivity index (χ1n) is 3.18. The molecule has 0 aromatic heterocycles. The normalized spacial score (nSPS) is 17.5. The lowest BCUT2D eigenvalue weighted by molar-refractivity contribution is 0.418. The molecule has 1 heterocycles. The van der Waals surface area contributed by atoms with Crippen LogP contribution in [0.25, 0.3) is 0 Å². The minimum absolute atomic E-state index is 0. The highest BCUT2D eigenvalue weighted by Crippen LogP contribution is 2.03. The highest BCUT2D eigenvalue weighted by atomic mass is 35.5. The van der Waals surface area contributed by atoms with Crippen LogP contribution in [0.3, 0.4) is 0 Å². The van der Waals surface area contributed by atoms with Crippen LogP contribution in [-0.2, 0) is 0 Å². The van der Waals surface area contributed by atoms with Crippen molar-refractivity contribution in [2.75, 3.05) is 13.1 Å². The van der Waals surface area contributed by atoms with Crippen molar-refractivity contribution in [3.63, 3.8) is 0 Å². The van der Waals surface area contributed by atoms with E-state index in [1.807, 2.05) is 6.08 Å². The standard InChI is InChI=1S/C7H10N2.ClH/c8-4-2-1-3-7-5-9-6-7;/h1,3,7,9H,2,5-6H2;1H/b3-1+;. The first kappa shape index (κ1) is 9.48. The molecule has 56 valence electrons. The van der Waals surface area contributed by atoms with Crippen LogP contribution in [0.2, 0.25) is 0 Å². The second-order valence-corrected chi connectivity index (χ2v) is 2.21. The lowest BCUT2D eigenvalue weighted by Crippen LogP contribution is -2.40. The first-order valence-corrected chi connectivity index (χ1v) is 3.18.